The van der Waals surface area contributed by atoms with Crippen LogP contribution in [0.25, 0.3) is 5.69 Å². The molecule has 0 N–H and O–H groups in total. The van der Waals surface area contributed by atoms with E-state index in [2.05, 4.69) is 16.2 Å². The zero-order chi connectivity index (χ0) is 26.6. The lowest BCUT2D eigenvalue weighted by atomic mass is 9.71. The summed E-state index contributed by atoms with van der Waals surface area (Å²) in [6.07, 6.45) is -0.122. The molecule has 0 unspecified atom stereocenters. The van der Waals surface area contributed by atoms with E-state index in [0.29, 0.717) is 36.9 Å². The molecule has 1 aliphatic carbocycles. The molecule has 0 saturated heterocycles. The number of ether oxygens (including phenoxy) is 2. The Kier molecular flexibility index (Phi) is 7.76. The molecule has 10 heteroatoms. The van der Waals surface area contributed by atoms with E-state index < -0.39 is 28.6 Å². The molecule has 3 aromatic rings. The molecule has 0 bridgehead atoms. The summed E-state index contributed by atoms with van der Waals surface area (Å²) in [6, 6.07) is 12.1. The van der Waals surface area contributed by atoms with Gasteiger partial charge in [-0.25, -0.2) is 4.68 Å². The van der Waals surface area contributed by atoms with E-state index in [-0.39, 0.29) is 25.0 Å². The van der Waals surface area contributed by atoms with Gasteiger partial charge in [0.1, 0.15) is 6.79 Å². The SMILES string of the molecule is COCOC1CCC(C#N)(c2ccc(CC(=O)c3cnn(-c4ccc(C)cc4)c3C(F)(F)F)cn2)CC1. The van der Waals surface area contributed by atoms with Crippen molar-refractivity contribution in [3.63, 3.8) is 0 Å². The van der Waals surface area contributed by atoms with E-state index in [9.17, 15) is 23.2 Å². The number of benzene rings is 1. The largest absolute Gasteiger partial charge is 0.434 e. The first kappa shape index (κ1) is 26.5. The maximum atomic E-state index is 14.0. The lowest BCUT2D eigenvalue weighted by Gasteiger charge is -2.34. The number of aromatic nitrogens is 3. The standard InChI is InChI=1S/C27H27F3N4O3/c1-18-3-6-20(7-4-18)34-25(27(28,29)30)22(15-33-34)23(35)13-19-5-8-24(32-14-19)26(16-31)11-9-21(10-12-26)37-17-36-2/h3-8,14-15,21H,9-13,17H2,1-2H3. The van der Waals surface area contributed by atoms with Crippen molar-refractivity contribution in [2.24, 2.45) is 0 Å². The third-order valence-corrected chi connectivity index (χ3v) is 6.72. The Bertz CT molecular complexity index is 1270. The molecule has 0 amide bonds. The van der Waals surface area contributed by atoms with E-state index in [4.69, 9.17) is 9.47 Å². The zero-order valence-corrected chi connectivity index (χ0v) is 20.6. The van der Waals surface area contributed by atoms with E-state index in [0.717, 1.165) is 16.4 Å². The van der Waals surface area contributed by atoms with E-state index >= 15 is 0 Å². The molecule has 1 saturated carbocycles. The molecule has 194 valence electrons. The summed E-state index contributed by atoms with van der Waals surface area (Å²) in [5, 5.41) is 13.8. The first-order valence-electron chi connectivity index (χ1n) is 11.9. The fraction of sp³-hybridized carbons (Fsp3) is 0.407. The fourth-order valence-electron chi connectivity index (χ4n) is 4.64. The number of Topliss-reactive ketones (excluding diaryl/α,β-unsaturated/α-hetero) is 1. The Morgan fingerprint density at radius 3 is 2.43 bits per heavy atom. The molecule has 4 rings (SSSR count). The van der Waals surface area contributed by atoms with Crippen LogP contribution in [0.1, 0.15) is 58.6 Å². The van der Waals surface area contributed by atoms with Gasteiger partial charge in [-0.1, -0.05) is 23.8 Å². The van der Waals surface area contributed by atoms with E-state index in [1.54, 1.807) is 31.4 Å². The van der Waals surface area contributed by atoms with Crippen LogP contribution < -0.4 is 0 Å². The number of aryl methyl sites for hydroxylation is 1. The number of alkyl halides is 3. The highest BCUT2D eigenvalue weighted by Crippen LogP contribution is 2.39. The molecule has 0 spiro atoms. The average molecular weight is 513 g/mol. The second kappa shape index (κ2) is 10.8. The Labute approximate surface area is 212 Å². The third-order valence-electron chi connectivity index (χ3n) is 6.72. The van der Waals surface area contributed by atoms with Crippen LogP contribution in [-0.2, 0) is 27.5 Å². The lowest BCUT2D eigenvalue weighted by Crippen LogP contribution is -2.34. The van der Waals surface area contributed by atoms with Gasteiger partial charge in [0.25, 0.3) is 0 Å². The summed E-state index contributed by atoms with van der Waals surface area (Å²) < 4.78 is 53.2. The van der Waals surface area contributed by atoms with Gasteiger partial charge in [0.2, 0.25) is 0 Å². The van der Waals surface area contributed by atoms with Gasteiger partial charge in [0, 0.05) is 19.7 Å². The number of nitrogens with zero attached hydrogens (tertiary/aromatic N) is 4. The molecule has 1 fully saturated rings. The van der Waals surface area contributed by atoms with Crippen LogP contribution in [0.5, 0.6) is 0 Å². The number of rotatable bonds is 8. The summed E-state index contributed by atoms with van der Waals surface area (Å²) in [4.78, 5) is 17.4. The van der Waals surface area contributed by atoms with Crippen LogP contribution in [0.2, 0.25) is 0 Å². The van der Waals surface area contributed by atoms with Crippen molar-refractivity contribution >= 4 is 5.78 Å². The highest BCUT2D eigenvalue weighted by Gasteiger charge is 2.41. The van der Waals surface area contributed by atoms with Gasteiger partial charge < -0.3 is 9.47 Å². The van der Waals surface area contributed by atoms with Crippen LogP contribution in [0.15, 0.2) is 48.8 Å². The molecule has 1 aromatic carbocycles. The third kappa shape index (κ3) is 5.73. The second-order valence-electron chi connectivity index (χ2n) is 9.27. The molecule has 7 nitrogen and oxygen atoms in total. The topological polar surface area (TPSA) is 90.0 Å². The van der Waals surface area contributed by atoms with E-state index in [1.807, 2.05) is 6.92 Å². The Hall–Kier alpha value is -3.55. The lowest BCUT2D eigenvalue weighted by molar-refractivity contribution is -0.143. The maximum Gasteiger partial charge on any atom is 0.434 e. The van der Waals surface area contributed by atoms with Crippen LogP contribution in [0, 0.1) is 18.3 Å². The molecule has 0 atom stereocenters. The minimum atomic E-state index is -4.78. The minimum Gasteiger partial charge on any atom is -0.359 e. The molecular formula is C27H27F3N4O3. The number of carbonyl (C=O) groups excluding carboxylic acids is 1. The summed E-state index contributed by atoms with van der Waals surface area (Å²) in [5.74, 6) is -0.717. The summed E-state index contributed by atoms with van der Waals surface area (Å²) >= 11 is 0. The van der Waals surface area contributed by atoms with Crippen molar-refractivity contribution in [3.8, 4) is 11.8 Å². The van der Waals surface area contributed by atoms with Gasteiger partial charge in [0.15, 0.2) is 11.5 Å². The van der Waals surface area contributed by atoms with Crippen molar-refractivity contribution in [2.45, 2.75) is 56.7 Å². The van der Waals surface area contributed by atoms with Gasteiger partial charge in [-0.05, 0) is 56.4 Å². The van der Waals surface area contributed by atoms with Crippen molar-refractivity contribution in [1.82, 2.24) is 14.8 Å². The number of nitriles is 1. The van der Waals surface area contributed by atoms with Crippen molar-refractivity contribution in [3.05, 3.63) is 76.9 Å². The van der Waals surface area contributed by atoms with Gasteiger partial charge in [-0.15, -0.1) is 0 Å². The van der Waals surface area contributed by atoms with Crippen LogP contribution in [-0.4, -0.2) is 40.6 Å². The number of methoxy groups -OCH3 is 1. The van der Waals surface area contributed by atoms with Crippen molar-refractivity contribution in [2.75, 3.05) is 13.9 Å². The quantitative estimate of drug-likeness (QED) is 0.299. The van der Waals surface area contributed by atoms with Gasteiger partial charge >= 0.3 is 6.18 Å². The van der Waals surface area contributed by atoms with Gasteiger partial charge in [-0.2, -0.15) is 23.5 Å². The molecule has 2 heterocycles. The predicted octanol–water partition coefficient (Wildman–Crippen LogP) is 5.34. The maximum absolute atomic E-state index is 14.0. The van der Waals surface area contributed by atoms with Crippen LogP contribution >= 0.6 is 0 Å². The summed E-state index contributed by atoms with van der Waals surface area (Å²) in [7, 11) is 1.55. The number of halogens is 3. The molecular weight excluding hydrogens is 485 g/mol. The monoisotopic (exact) mass is 512 g/mol. The van der Waals surface area contributed by atoms with Gasteiger partial charge in [0.05, 0.1) is 40.7 Å². The average Bonchev–Trinajstić information content (AvgIpc) is 3.35. The molecule has 0 radical (unpaired) electrons. The highest BCUT2D eigenvalue weighted by atomic mass is 19.4. The summed E-state index contributed by atoms with van der Waals surface area (Å²) in [5.41, 5.74) is -0.236. The molecule has 1 aliphatic rings. The Morgan fingerprint density at radius 2 is 1.86 bits per heavy atom. The van der Waals surface area contributed by atoms with Crippen LogP contribution in [0.3, 0.4) is 0 Å². The second-order valence-corrected chi connectivity index (χ2v) is 9.27. The van der Waals surface area contributed by atoms with Crippen molar-refractivity contribution in [1.29, 1.82) is 5.26 Å². The highest BCUT2D eigenvalue weighted by molar-refractivity contribution is 5.98. The Morgan fingerprint density at radius 1 is 1.16 bits per heavy atom. The first-order valence-corrected chi connectivity index (χ1v) is 11.9. The smallest absolute Gasteiger partial charge is 0.359 e. The number of ketones is 1. The molecule has 2 aromatic heterocycles. The number of hydrogen-bond acceptors (Lipinski definition) is 6. The number of carbonyl (C=O) groups is 1. The fourth-order valence-corrected chi connectivity index (χ4v) is 4.64. The Balaban J connectivity index is 1.52. The van der Waals surface area contributed by atoms with Crippen molar-refractivity contribution < 1.29 is 27.4 Å². The zero-order valence-electron chi connectivity index (χ0n) is 20.6. The van der Waals surface area contributed by atoms with Gasteiger partial charge in [-0.3, -0.25) is 9.78 Å². The van der Waals surface area contributed by atoms with Crippen LogP contribution in [0.4, 0.5) is 13.2 Å². The normalized spacial score (nSPS) is 19.9. The minimum absolute atomic E-state index is 0.0157. The first-order chi connectivity index (χ1) is 17.7. The number of pyridine rings is 1. The molecule has 0 aliphatic heterocycles. The number of hydrogen-bond donors (Lipinski definition) is 0. The summed E-state index contributed by atoms with van der Waals surface area (Å²) in [6.45, 7) is 2.03. The predicted molar refractivity (Wildman–Crippen MR) is 128 cm³/mol. The van der Waals surface area contributed by atoms with E-state index in [1.165, 1.54) is 18.3 Å². The molecule has 37 heavy (non-hydrogen) atoms.